The summed E-state index contributed by atoms with van der Waals surface area (Å²) in [6.07, 6.45) is 2.90. The van der Waals surface area contributed by atoms with Gasteiger partial charge in [0.1, 0.15) is 5.82 Å². The van der Waals surface area contributed by atoms with Gasteiger partial charge < -0.3 is 20.2 Å². The summed E-state index contributed by atoms with van der Waals surface area (Å²) < 4.78 is 26.9. The lowest BCUT2D eigenvalue weighted by Crippen LogP contribution is -2.40. The predicted molar refractivity (Wildman–Crippen MR) is 117 cm³/mol. The maximum absolute atomic E-state index is 13.5. The minimum Gasteiger partial charge on any atom is -0.395 e. The summed E-state index contributed by atoms with van der Waals surface area (Å²) in [6, 6.07) is 3.60. The van der Waals surface area contributed by atoms with E-state index in [4.69, 9.17) is 5.11 Å². The number of carbonyl (C=O) groups excluding carboxylic acids is 2. The Labute approximate surface area is 190 Å². The summed E-state index contributed by atoms with van der Waals surface area (Å²) in [5.41, 5.74) is 3.53. The molecule has 176 valence electrons. The van der Waals surface area contributed by atoms with Crippen LogP contribution in [0.5, 0.6) is 0 Å². The summed E-state index contributed by atoms with van der Waals surface area (Å²) in [4.78, 5) is 37.3. The number of hydrogen-bond acceptors (Lipinski definition) is 6. The molecule has 33 heavy (non-hydrogen) atoms. The minimum absolute atomic E-state index is 0.0362. The van der Waals surface area contributed by atoms with Crippen molar-refractivity contribution in [2.45, 2.75) is 45.2 Å². The zero-order chi connectivity index (χ0) is 23.6. The van der Waals surface area contributed by atoms with E-state index >= 15 is 0 Å². The van der Waals surface area contributed by atoms with Crippen molar-refractivity contribution in [1.82, 2.24) is 20.2 Å². The highest BCUT2D eigenvalue weighted by molar-refractivity contribution is 5.98. The predicted octanol–water partition coefficient (Wildman–Crippen LogP) is 1.83. The fourth-order valence-electron chi connectivity index (χ4n) is 4.34. The van der Waals surface area contributed by atoms with E-state index in [-0.39, 0.29) is 57.3 Å². The standard InChI is InChI=1S/C23H27F2N5O3/c1-15-10-16(12-28-21(15)29-7-3-23(24,25)4-8-29)13-30-14-18-17(22(30)33)2-5-26-19(18)11-20(32)27-6-9-31/h2,5,10,12,31H,3-4,6-9,11,13-14H2,1H3,(H,27,32). The highest BCUT2D eigenvalue weighted by atomic mass is 19.3. The van der Waals surface area contributed by atoms with Crippen LogP contribution in [0.4, 0.5) is 14.6 Å². The lowest BCUT2D eigenvalue weighted by molar-refractivity contribution is -0.120. The van der Waals surface area contributed by atoms with Crippen LogP contribution in [0.2, 0.25) is 0 Å². The van der Waals surface area contributed by atoms with E-state index in [0.717, 1.165) is 16.7 Å². The maximum atomic E-state index is 13.5. The molecule has 0 aliphatic carbocycles. The fourth-order valence-corrected chi connectivity index (χ4v) is 4.34. The molecule has 2 aliphatic heterocycles. The van der Waals surface area contributed by atoms with Crippen LogP contribution in [0.25, 0.3) is 0 Å². The molecule has 4 rings (SSSR count). The monoisotopic (exact) mass is 459 g/mol. The van der Waals surface area contributed by atoms with Gasteiger partial charge in [0.15, 0.2) is 0 Å². The van der Waals surface area contributed by atoms with E-state index in [0.29, 0.717) is 30.2 Å². The number of pyridine rings is 2. The first-order valence-electron chi connectivity index (χ1n) is 11.0. The highest BCUT2D eigenvalue weighted by Gasteiger charge is 2.35. The van der Waals surface area contributed by atoms with Gasteiger partial charge in [0, 0.05) is 69.1 Å². The summed E-state index contributed by atoms with van der Waals surface area (Å²) >= 11 is 0. The Morgan fingerprint density at radius 2 is 2.03 bits per heavy atom. The first-order valence-corrected chi connectivity index (χ1v) is 11.0. The van der Waals surface area contributed by atoms with Crippen molar-refractivity contribution in [3.8, 4) is 0 Å². The molecule has 0 spiro atoms. The molecule has 0 aromatic carbocycles. The largest absolute Gasteiger partial charge is 0.395 e. The van der Waals surface area contributed by atoms with Gasteiger partial charge in [-0.1, -0.05) is 0 Å². The van der Waals surface area contributed by atoms with E-state index in [2.05, 4.69) is 15.3 Å². The van der Waals surface area contributed by atoms with Gasteiger partial charge in [-0.2, -0.15) is 0 Å². The molecule has 0 saturated carbocycles. The fraction of sp³-hybridized carbons (Fsp3) is 0.478. The van der Waals surface area contributed by atoms with Crippen molar-refractivity contribution >= 4 is 17.6 Å². The van der Waals surface area contributed by atoms with E-state index in [1.54, 1.807) is 17.2 Å². The number of halogens is 2. The summed E-state index contributed by atoms with van der Waals surface area (Å²) in [5.74, 6) is -2.31. The minimum atomic E-state index is -2.61. The molecular weight excluding hydrogens is 432 g/mol. The first kappa shape index (κ1) is 23.0. The number of rotatable bonds is 7. The maximum Gasteiger partial charge on any atom is 0.254 e. The van der Waals surface area contributed by atoms with Crippen LogP contribution < -0.4 is 10.2 Å². The van der Waals surface area contributed by atoms with Crippen LogP contribution in [-0.2, 0) is 24.3 Å². The molecule has 4 heterocycles. The summed E-state index contributed by atoms with van der Waals surface area (Å²) in [5, 5.41) is 11.5. The molecule has 2 aliphatic rings. The number of fused-ring (bicyclic) bond motifs is 1. The number of alkyl halides is 2. The number of hydrogen-bond donors (Lipinski definition) is 2. The molecule has 0 unspecified atom stereocenters. The van der Waals surface area contributed by atoms with Crippen LogP contribution in [0.3, 0.4) is 0 Å². The zero-order valence-electron chi connectivity index (χ0n) is 18.5. The van der Waals surface area contributed by atoms with E-state index in [9.17, 15) is 18.4 Å². The quantitative estimate of drug-likeness (QED) is 0.656. The van der Waals surface area contributed by atoms with Crippen molar-refractivity contribution in [3.63, 3.8) is 0 Å². The Morgan fingerprint density at radius 3 is 2.73 bits per heavy atom. The molecule has 2 aromatic heterocycles. The number of nitrogens with zero attached hydrogens (tertiary/aromatic N) is 4. The van der Waals surface area contributed by atoms with E-state index in [1.165, 1.54) is 6.20 Å². The lowest BCUT2D eigenvalue weighted by Gasteiger charge is -2.33. The number of aliphatic hydroxyl groups is 1. The highest BCUT2D eigenvalue weighted by Crippen LogP contribution is 2.32. The van der Waals surface area contributed by atoms with Crippen molar-refractivity contribution < 1.29 is 23.5 Å². The second-order valence-electron chi connectivity index (χ2n) is 8.52. The van der Waals surface area contributed by atoms with Gasteiger partial charge in [0.2, 0.25) is 5.91 Å². The average molecular weight is 459 g/mol. The lowest BCUT2D eigenvalue weighted by atomic mass is 10.1. The van der Waals surface area contributed by atoms with Gasteiger partial charge >= 0.3 is 0 Å². The second-order valence-corrected chi connectivity index (χ2v) is 8.52. The molecule has 0 atom stereocenters. The van der Waals surface area contributed by atoms with Crippen LogP contribution in [-0.4, -0.2) is 64.0 Å². The molecule has 1 fully saturated rings. The number of aryl methyl sites for hydroxylation is 1. The smallest absolute Gasteiger partial charge is 0.254 e. The number of carbonyl (C=O) groups is 2. The molecule has 8 nitrogen and oxygen atoms in total. The van der Waals surface area contributed by atoms with Crippen LogP contribution in [0.15, 0.2) is 24.5 Å². The number of aromatic nitrogens is 2. The average Bonchev–Trinajstić information content (AvgIpc) is 3.09. The van der Waals surface area contributed by atoms with Crippen molar-refractivity contribution in [1.29, 1.82) is 0 Å². The normalized spacial score (nSPS) is 17.3. The van der Waals surface area contributed by atoms with Gasteiger partial charge in [-0.3, -0.25) is 14.6 Å². The Balaban J connectivity index is 1.44. The molecule has 0 radical (unpaired) electrons. The molecule has 0 bridgehead atoms. The third kappa shape index (κ3) is 5.11. The first-order chi connectivity index (χ1) is 15.8. The summed E-state index contributed by atoms with van der Waals surface area (Å²) in [6.45, 7) is 3.13. The molecule has 2 N–H and O–H groups in total. The van der Waals surface area contributed by atoms with E-state index < -0.39 is 5.92 Å². The van der Waals surface area contributed by atoms with Gasteiger partial charge in [0.05, 0.1) is 18.7 Å². The molecule has 2 amide bonds. The van der Waals surface area contributed by atoms with Crippen LogP contribution in [0, 0.1) is 6.92 Å². The number of aliphatic hydroxyl groups excluding tert-OH is 1. The topological polar surface area (TPSA) is 98.7 Å². The molecule has 2 aromatic rings. The van der Waals surface area contributed by atoms with Gasteiger partial charge in [-0.05, 0) is 30.2 Å². The van der Waals surface area contributed by atoms with Crippen molar-refractivity contribution in [3.05, 3.63) is 52.5 Å². The second kappa shape index (κ2) is 9.38. The number of nitrogens with one attached hydrogen (secondary N) is 1. The van der Waals surface area contributed by atoms with Gasteiger partial charge in [-0.15, -0.1) is 0 Å². The Morgan fingerprint density at radius 1 is 1.27 bits per heavy atom. The van der Waals surface area contributed by atoms with Gasteiger partial charge in [-0.25, -0.2) is 13.8 Å². The third-order valence-corrected chi connectivity index (χ3v) is 6.05. The number of anilines is 1. The van der Waals surface area contributed by atoms with Crippen molar-refractivity contribution in [2.75, 3.05) is 31.1 Å². The molecular formula is C23H27F2N5O3. The van der Waals surface area contributed by atoms with Gasteiger partial charge in [0.25, 0.3) is 11.8 Å². The molecule has 10 heteroatoms. The van der Waals surface area contributed by atoms with E-state index in [1.807, 2.05) is 17.9 Å². The number of amides is 2. The zero-order valence-corrected chi connectivity index (χ0v) is 18.5. The third-order valence-electron chi connectivity index (χ3n) is 6.05. The van der Waals surface area contributed by atoms with Crippen molar-refractivity contribution in [2.24, 2.45) is 0 Å². The van der Waals surface area contributed by atoms with Crippen LogP contribution in [0.1, 0.15) is 45.6 Å². The Hall–Kier alpha value is -3.14. The molecule has 1 saturated heterocycles. The summed E-state index contributed by atoms with van der Waals surface area (Å²) in [7, 11) is 0. The Bertz CT molecular complexity index is 1050. The SMILES string of the molecule is Cc1cc(CN2Cc3c(ccnc3CC(=O)NCCO)C2=O)cnc1N1CCC(F)(F)CC1. The number of piperidine rings is 1. The van der Waals surface area contributed by atoms with Crippen LogP contribution >= 0.6 is 0 Å². The Kier molecular flexibility index (Phi) is 6.55.